The third kappa shape index (κ3) is 6.16. The predicted octanol–water partition coefficient (Wildman–Crippen LogP) is 3.55. The number of piperidine rings is 1. The Morgan fingerprint density at radius 3 is 2.64 bits per heavy atom. The molecule has 0 aliphatic carbocycles. The van der Waals surface area contributed by atoms with Gasteiger partial charge in [0, 0.05) is 31.6 Å². The minimum Gasteiger partial charge on any atom is -0.444 e. The molecule has 1 fully saturated rings. The molecule has 2 aromatic rings. The monoisotopic (exact) mass is 386 g/mol. The quantitative estimate of drug-likeness (QED) is 0.776. The first kappa shape index (κ1) is 20.0. The van der Waals surface area contributed by atoms with Gasteiger partial charge in [0.25, 0.3) is 5.89 Å². The van der Waals surface area contributed by atoms with Crippen LogP contribution in [-0.2, 0) is 16.1 Å². The number of hydrogen-bond donors (Lipinski definition) is 0. The van der Waals surface area contributed by atoms with Crippen LogP contribution in [0.1, 0.15) is 50.9 Å². The number of rotatable bonds is 5. The highest BCUT2D eigenvalue weighted by molar-refractivity contribution is 5.68. The van der Waals surface area contributed by atoms with Gasteiger partial charge in [0.15, 0.2) is 5.82 Å². The molecule has 0 N–H and O–H groups in total. The van der Waals surface area contributed by atoms with E-state index in [0.717, 1.165) is 18.4 Å². The lowest BCUT2D eigenvalue weighted by Gasteiger charge is -2.33. The molecule has 28 heavy (non-hydrogen) atoms. The molecule has 1 saturated heterocycles. The Balaban J connectivity index is 1.42. The fourth-order valence-electron chi connectivity index (χ4n) is 2.76. The van der Waals surface area contributed by atoms with E-state index in [2.05, 4.69) is 15.1 Å². The van der Waals surface area contributed by atoms with E-state index < -0.39 is 5.60 Å². The largest absolute Gasteiger partial charge is 0.444 e. The maximum Gasteiger partial charge on any atom is 0.410 e. The van der Waals surface area contributed by atoms with E-state index in [1.807, 2.05) is 39.0 Å². The zero-order chi connectivity index (χ0) is 20.0. The normalized spacial score (nSPS) is 15.9. The SMILES string of the molecule is CC(C)(C)OC(=O)N1CCC(OCc2noc(/C=C/c3ccncc3)n2)CC1. The summed E-state index contributed by atoms with van der Waals surface area (Å²) in [5.74, 6) is 0.930. The average molecular weight is 386 g/mol. The smallest absolute Gasteiger partial charge is 0.410 e. The van der Waals surface area contributed by atoms with Crippen LogP contribution in [-0.4, -0.2) is 50.9 Å². The molecule has 0 radical (unpaired) electrons. The molecular formula is C20H26N4O4. The van der Waals surface area contributed by atoms with Gasteiger partial charge in [0.2, 0.25) is 0 Å². The Kier molecular flexibility index (Phi) is 6.41. The van der Waals surface area contributed by atoms with Gasteiger partial charge in [-0.2, -0.15) is 4.98 Å². The van der Waals surface area contributed by atoms with E-state index >= 15 is 0 Å². The number of hydrogen-bond acceptors (Lipinski definition) is 7. The summed E-state index contributed by atoms with van der Waals surface area (Å²) in [6.07, 6.45) is 8.39. The highest BCUT2D eigenvalue weighted by Crippen LogP contribution is 2.18. The van der Waals surface area contributed by atoms with Gasteiger partial charge < -0.3 is 18.9 Å². The predicted molar refractivity (Wildman–Crippen MR) is 103 cm³/mol. The van der Waals surface area contributed by atoms with E-state index in [0.29, 0.717) is 24.8 Å². The van der Waals surface area contributed by atoms with Crippen molar-refractivity contribution in [3.05, 3.63) is 41.8 Å². The molecule has 1 amide bonds. The lowest BCUT2D eigenvalue weighted by atomic mass is 10.1. The van der Waals surface area contributed by atoms with E-state index in [4.69, 9.17) is 14.0 Å². The summed E-state index contributed by atoms with van der Waals surface area (Å²) >= 11 is 0. The molecule has 0 aromatic carbocycles. The number of likely N-dealkylation sites (tertiary alicyclic amines) is 1. The van der Waals surface area contributed by atoms with Crippen LogP contribution in [0.2, 0.25) is 0 Å². The highest BCUT2D eigenvalue weighted by Gasteiger charge is 2.27. The molecule has 1 aliphatic heterocycles. The average Bonchev–Trinajstić information content (AvgIpc) is 3.12. The van der Waals surface area contributed by atoms with Crippen LogP contribution in [0.25, 0.3) is 12.2 Å². The Bertz CT molecular complexity index is 790. The first-order valence-corrected chi connectivity index (χ1v) is 9.39. The summed E-state index contributed by atoms with van der Waals surface area (Å²) < 4.78 is 16.5. The molecule has 8 nitrogen and oxygen atoms in total. The van der Waals surface area contributed by atoms with Crippen LogP contribution >= 0.6 is 0 Å². The van der Waals surface area contributed by atoms with Gasteiger partial charge in [-0.05, 0) is 57.4 Å². The van der Waals surface area contributed by atoms with Crippen molar-refractivity contribution in [2.24, 2.45) is 0 Å². The molecule has 0 spiro atoms. The lowest BCUT2D eigenvalue weighted by Crippen LogP contribution is -2.43. The Labute approximate surface area is 164 Å². The lowest BCUT2D eigenvalue weighted by molar-refractivity contribution is -0.0190. The minimum atomic E-state index is -0.480. The van der Waals surface area contributed by atoms with Gasteiger partial charge in [0.05, 0.1) is 6.10 Å². The molecule has 0 atom stereocenters. The van der Waals surface area contributed by atoms with Gasteiger partial charge in [-0.3, -0.25) is 4.98 Å². The van der Waals surface area contributed by atoms with Gasteiger partial charge in [-0.25, -0.2) is 4.79 Å². The highest BCUT2D eigenvalue weighted by atomic mass is 16.6. The zero-order valence-corrected chi connectivity index (χ0v) is 16.5. The number of ether oxygens (including phenoxy) is 2. The van der Waals surface area contributed by atoms with Crippen molar-refractivity contribution < 1.29 is 18.8 Å². The molecule has 3 heterocycles. The maximum absolute atomic E-state index is 12.1. The second kappa shape index (κ2) is 8.97. The zero-order valence-electron chi connectivity index (χ0n) is 16.5. The summed E-state index contributed by atoms with van der Waals surface area (Å²) in [6, 6.07) is 3.78. The summed E-state index contributed by atoms with van der Waals surface area (Å²) in [5, 5.41) is 3.94. The molecule has 8 heteroatoms. The van der Waals surface area contributed by atoms with E-state index in [9.17, 15) is 4.79 Å². The Morgan fingerprint density at radius 1 is 1.25 bits per heavy atom. The van der Waals surface area contributed by atoms with Gasteiger partial charge >= 0.3 is 6.09 Å². The third-order valence-corrected chi connectivity index (χ3v) is 4.15. The minimum absolute atomic E-state index is 0.0630. The number of pyridine rings is 1. The van der Waals surface area contributed by atoms with Crippen LogP contribution in [0.5, 0.6) is 0 Å². The van der Waals surface area contributed by atoms with E-state index in [1.54, 1.807) is 23.4 Å². The van der Waals surface area contributed by atoms with Crippen molar-refractivity contribution in [3.8, 4) is 0 Å². The molecule has 150 valence electrons. The number of carbonyl (C=O) groups excluding carboxylic acids is 1. The third-order valence-electron chi connectivity index (χ3n) is 4.15. The summed E-state index contributed by atoms with van der Waals surface area (Å²) in [4.78, 5) is 22.1. The van der Waals surface area contributed by atoms with Crippen LogP contribution in [0.15, 0.2) is 29.0 Å². The number of aromatic nitrogens is 3. The van der Waals surface area contributed by atoms with Crippen LogP contribution in [0, 0.1) is 0 Å². The number of amides is 1. The fraction of sp³-hybridized carbons (Fsp3) is 0.500. The van der Waals surface area contributed by atoms with Crippen molar-refractivity contribution in [1.29, 1.82) is 0 Å². The molecule has 0 bridgehead atoms. The summed E-state index contributed by atoms with van der Waals surface area (Å²) in [6.45, 7) is 7.12. The first-order chi connectivity index (χ1) is 13.4. The Morgan fingerprint density at radius 2 is 1.96 bits per heavy atom. The standard InChI is InChI=1S/C20H26N4O4/c1-20(2,3)27-19(25)24-12-8-16(9-13-24)26-14-17-22-18(28-23-17)5-4-15-6-10-21-11-7-15/h4-7,10-11,16H,8-9,12-14H2,1-3H3/b5-4+. The number of nitrogens with zero attached hydrogens (tertiary/aromatic N) is 4. The number of carbonyl (C=O) groups is 1. The van der Waals surface area contributed by atoms with Crippen LogP contribution in [0.4, 0.5) is 4.79 Å². The molecule has 0 saturated carbocycles. The molecule has 3 rings (SSSR count). The van der Waals surface area contributed by atoms with E-state index in [1.165, 1.54) is 0 Å². The van der Waals surface area contributed by atoms with Crippen molar-refractivity contribution in [1.82, 2.24) is 20.0 Å². The summed E-state index contributed by atoms with van der Waals surface area (Å²) in [7, 11) is 0. The van der Waals surface area contributed by atoms with Gasteiger partial charge in [-0.15, -0.1) is 0 Å². The maximum atomic E-state index is 12.1. The Hall–Kier alpha value is -2.74. The first-order valence-electron chi connectivity index (χ1n) is 9.39. The van der Waals surface area contributed by atoms with Gasteiger partial charge in [-0.1, -0.05) is 5.16 Å². The topological polar surface area (TPSA) is 90.6 Å². The van der Waals surface area contributed by atoms with Crippen molar-refractivity contribution >= 4 is 18.2 Å². The molecule has 1 aliphatic rings. The molecule has 0 unspecified atom stereocenters. The second-order valence-corrected chi connectivity index (χ2v) is 7.64. The van der Waals surface area contributed by atoms with Crippen molar-refractivity contribution in [2.75, 3.05) is 13.1 Å². The summed E-state index contributed by atoms with van der Waals surface area (Å²) in [5.41, 5.74) is 0.523. The van der Waals surface area contributed by atoms with Gasteiger partial charge in [0.1, 0.15) is 12.2 Å². The fourth-order valence-corrected chi connectivity index (χ4v) is 2.76. The van der Waals surface area contributed by atoms with Crippen LogP contribution in [0.3, 0.4) is 0 Å². The molecular weight excluding hydrogens is 360 g/mol. The molecule has 2 aromatic heterocycles. The van der Waals surface area contributed by atoms with Crippen molar-refractivity contribution in [3.63, 3.8) is 0 Å². The van der Waals surface area contributed by atoms with E-state index in [-0.39, 0.29) is 18.8 Å². The van der Waals surface area contributed by atoms with Crippen LogP contribution < -0.4 is 0 Å². The van der Waals surface area contributed by atoms with Crippen molar-refractivity contribution in [2.45, 2.75) is 51.9 Å². The second-order valence-electron chi connectivity index (χ2n) is 7.64.